The highest BCUT2D eigenvalue weighted by molar-refractivity contribution is 4.89. The van der Waals surface area contributed by atoms with Crippen LogP contribution in [0, 0.1) is 0 Å². The van der Waals surface area contributed by atoms with Crippen LogP contribution in [-0.4, -0.2) is 104 Å². The molecule has 10 heteroatoms. The highest BCUT2D eigenvalue weighted by Gasteiger charge is 2.44. The van der Waals surface area contributed by atoms with E-state index in [0.717, 1.165) is 0 Å². The van der Waals surface area contributed by atoms with Crippen LogP contribution in [0.15, 0.2) is 0 Å². The molecule has 0 radical (unpaired) electrons. The minimum absolute atomic E-state index is 0.249. The summed E-state index contributed by atoms with van der Waals surface area (Å²) in [5.41, 5.74) is 0. The van der Waals surface area contributed by atoms with Gasteiger partial charge < -0.3 is 50.0 Å². The van der Waals surface area contributed by atoms with Gasteiger partial charge in [0, 0.05) is 0 Å². The molecule has 0 aliphatic carbocycles. The predicted octanol–water partition coefficient (Wildman–Crippen LogP) is -4.76. The Morgan fingerprint density at radius 2 is 1.48 bits per heavy atom. The van der Waals surface area contributed by atoms with Crippen LogP contribution in [0.5, 0.6) is 0 Å². The average molecular weight is 312 g/mol. The summed E-state index contributed by atoms with van der Waals surface area (Å²) in [7, 11) is 0. The van der Waals surface area contributed by atoms with Gasteiger partial charge in [0.25, 0.3) is 0 Å². The van der Waals surface area contributed by atoms with Gasteiger partial charge in [-0.25, -0.2) is 0 Å². The van der Waals surface area contributed by atoms with Gasteiger partial charge in [-0.05, 0) is 0 Å². The third kappa shape index (κ3) is 3.51. The highest BCUT2D eigenvalue weighted by atomic mass is 16.7. The number of ether oxygens (including phenoxy) is 3. The van der Waals surface area contributed by atoms with Gasteiger partial charge in [-0.3, -0.25) is 0 Å². The number of aliphatic hydroxyl groups excluding tert-OH is 7. The van der Waals surface area contributed by atoms with E-state index in [4.69, 9.17) is 14.2 Å². The third-order valence-electron chi connectivity index (χ3n) is 3.57. The molecular weight excluding hydrogens is 292 g/mol. The van der Waals surface area contributed by atoms with Crippen LogP contribution in [0.3, 0.4) is 0 Å². The molecule has 0 aromatic rings. The van der Waals surface area contributed by atoms with Crippen LogP contribution in [0.2, 0.25) is 0 Å². The molecule has 10 nitrogen and oxygen atoms in total. The van der Waals surface area contributed by atoms with E-state index >= 15 is 0 Å². The maximum atomic E-state index is 9.70. The van der Waals surface area contributed by atoms with Crippen molar-refractivity contribution in [2.45, 2.75) is 55.3 Å². The molecule has 0 spiro atoms. The molecule has 1 unspecified atom stereocenters. The zero-order valence-corrected chi connectivity index (χ0v) is 11.0. The Morgan fingerprint density at radius 1 is 0.810 bits per heavy atom. The predicted molar refractivity (Wildman–Crippen MR) is 62.6 cm³/mol. The van der Waals surface area contributed by atoms with Gasteiger partial charge in [-0.15, -0.1) is 0 Å². The molecule has 2 aliphatic heterocycles. The van der Waals surface area contributed by atoms with Crippen molar-refractivity contribution in [1.82, 2.24) is 0 Å². The lowest BCUT2D eigenvalue weighted by Gasteiger charge is -2.40. The zero-order chi connectivity index (χ0) is 15.7. The fourth-order valence-electron chi connectivity index (χ4n) is 2.18. The summed E-state index contributed by atoms with van der Waals surface area (Å²) in [6, 6.07) is 0. The number of rotatable bonds is 3. The smallest absolute Gasteiger partial charge is 0.186 e. The van der Waals surface area contributed by atoms with Gasteiger partial charge in [-0.1, -0.05) is 0 Å². The Morgan fingerprint density at radius 3 is 2.14 bits per heavy atom. The number of hydrogen-bond acceptors (Lipinski definition) is 10. The largest absolute Gasteiger partial charge is 0.388 e. The molecule has 0 bridgehead atoms. The van der Waals surface area contributed by atoms with E-state index in [9.17, 15) is 35.7 Å². The van der Waals surface area contributed by atoms with Crippen molar-refractivity contribution in [1.29, 1.82) is 0 Å². The highest BCUT2D eigenvalue weighted by Crippen LogP contribution is 2.22. The van der Waals surface area contributed by atoms with E-state index in [2.05, 4.69) is 0 Å². The SMILES string of the molecule is OC1O[C@H](CO[C@H]2OC[C@@H](O)[C@H](O)[C@H]2O)[C@@H](O)[C@H](O)[C@@H]1O. The van der Waals surface area contributed by atoms with E-state index in [-0.39, 0.29) is 13.2 Å². The standard InChI is InChI=1S/C11H20O10/c12-3-1-19-11(9(17)5(3)13)20-2-4-6(14)7(15)8(16)10(18)21-4/h3-18H,1-2H2/t3-,4-,5+,6-,7+,8+,9-,10?,11-/m1/s1. The molecule has 2 rings (SSSR count). The Labute approximate surface area is 119 Å². The molecule has 7 N–H and O–H groups in total. The molecule has 2 fully saturated rings. The molecule has 21 heavy (non-hydrogen) atoms. The molecule has 0 aromatic heterocycles. The first kappa shape index (κ1) is 17.0. The minimum atomic E-state index is -1.69. The zero-order valence-electron chi connectivity index (χ0n) is 11.0. The minimum Gasteiger partial charge on any atom is -0.388 e. The first-order valence-electron chi connectivity index (χ1n) is 6.48. The van der Waals surface area contributed by atoms with Gasteiger partial charge in [-0.2, -0.15) is 0 Å². The fourth-order valence-corrected chi connectivity index (χ4v) is 2.18. The molecular formula is C11H20O10. The second-order valence-electron chi connectivity index (χ2n) is 5.12. The van der Waals surface area contributed by atoms with Crippen LogP contribution in [0.4, 0.5) is 0 Å². The second kappa shape index (κ2) is 6.79. The monoisotopic (exact) mass is 312 g/mol. The van der Waals surface area contributed by atoms with Crippen molar-refractivity contribution in [3.05, 3.63) is 0 Å². The lowest BCUT2D eigenvalue weighted by Crippen LogP contribution is -2.59. The Kier molecular flexibility index (Phi) is 5.48. The summed E-state index contributed by atoms with van der Waals surface area (Å²) in [6.07, 6.45) is -13.1. The Balaban J connectivity index is 1.88. The molecule has 124 valence electrons. The van der Waals surface area contributed by atoms with E-state index in [0.29, 0.717) is 0 Å². The fraction of sp³-hybridized carbons (Fsp3) is 1.00. The summed E-state index contributed by atoms with van der Waals surface area (Å²) in [5, 5.41) is 66.2. The van der Waals surface area contributed by atoms with Crippen molar-refractivity contribution in [3.8, 4) is 0 Å². The molecule has 0 aromatic carbocycles. The average Bonchev–Trinajstić information content (AvgIpc) is 2.46. The van der Waals surface area contributed by atoms with E-state index in [1.807, 2.05) is 0 Å². The van der Waals surface area contributed by atoms with Crippen LogP contribution in [0.1, 0.15) is 0 Å². The molecule has 2 saturated heterocycles. The van der Waals surface area contributed by atoms with Gasteiger partial charge in [0.15, 0.2) is 12.6 Å². The maximum Gasteiger partial charge on any atom is 0.186 e. The van der Waals surface area contributed by atoms with Crippen molar-refractivity contribution in [2.75, 3.05) is 13.2 Å². The summed E-state index contributed by atoms with van der Waals surface area (Å²) in [6.45, 7) is -0.631. The summed E-state index contributed by atoms with van der Waals surface area (Å²) in [5.74, 6) is 0. The Bertz CT molecular complexity index is 341. The van der Waals surface area contributed by atoms with Crippen LogP contribution >= 0.6 is 0 Å². The molecule has 9 atom stereocenters. The van der Waals surface area contributed by atoms with Crippen LogP contribution < -0.4 is 0 Å². The summed E-state index contributed by atoms with van der Waals surface area (Å²) in [4.78, 5) is 0. The number of aliphatic hydroxyl groups is 7. The lowest BCUT2D eigenvalue weighted by atomic mass is 9.99. The van der Waals surface area contributed by atoms with Gasteiger partial charge in [0.1, 0.15) is 42.7 Å². The molecule has 0 saturated carbocycles. The van der Waals surface area contributed by atoms with Gasteiger partial charge in [0.05, 0.1) is 13.2 Å². The van der Waals surface area contributed by atoms with Crippen LogP contribution in [-0.2, 0) is 14.2 Å². The van der Waals surface area contributed by atoms with Crippen molar-refractivity contribution >= 4 is 0 Å². The maximum absolute atomic E-state index is 9.70. The Hall–Kier alpha value is -0.400. The van der Waals surface area contributed by atoms with Crippen molar-refractivity contribution < 1.29 is 50.0 Å². The van der Waals surface area contributed by atoms with Gasteiger partial charge in [0.2, 0.25) is 0 Å². The van der Waals surface area contributed by atoms with E-state index < -0.39 is 55.3 Å². The molecule has 2 heterocycles. The van der Waals surface area contributed by atoms with Gasteiger partial charge >= 0.3 is 0 Å². The second-order valence-corrected chi connectivity index (χ2v) is 5.12. The third-order valence-corrected chi connectivity index (χ3v) is 3.57. The topological polar surface area (TPSA) is 169 Å². The quantitative estimate of drug-likeness (QED) is 0.268. The summed E-state index contributed by atoms with van der Waals surface area (Å²) < 4.78 is 15.0. The summed E-state index contributed by atoms with van der Waals surface area (Å²) >= 11 is 0. The first-order valence-corrected chi connectivity index (χ1v) is 6.48. The first-order chi connectivity index (χ1) is 9.82. The molecule has 0 amide bonds. The van der Waals surface area contributed by atoms with Crippen molar-refractivity contribution in [2.24, 2.45) is 0 Å². The van der Waals surface area contributed by atoms with E-state index in [1.165, 1.54) is 0 Å². The van der Waals surface area contributed by atoms with E-state index in [1.54, 1.807) is 0 Å². The normalized spacial score (nSPS) is 51.9. The molecule has 2 aliphatic rings. The van der Waals surface area contributed by atoms with Crippen LogP contribution in [0.25, 0.3) is 0 Å². The van der Waals surface area contributed by atoms with Crippen molar-refractivity contribution in [3.63, 3.8) is 0 Å². The number of hydrogen-bond donors (Lipinski definition) is 7. The lowest BCUT2D eigenvalue weighted by molar-refractivity contribution is -0.312.